The number of nitrogens with zero attached hydrogens (tertiary/aromatic N) is 1. The SMILES string of the molecule is C[C@@]1(c2ccc3c(c2)CCC3)NC(=O)N(Cc2ccc(Br)cc2)C1=O. The highest BCUT2D eigenvalue weighted by atomic mass is 79.9. The van der Waals surface area contributed by atoms with Crippen LogP contribution in [-0.2, 0) is 29.7 Å². The van der Waals surface area contributed by atoms with Gasteiger partial charge in [0.15, 0.2) is 0 Å². The van der Waals surface area contributed by atoms with Crippen molar-refractivity contribution in [2.45, 2.75) is 38.3 Å². The maximum atomic E-state index is 13.0. The third-order valence-electron chi connectivity index (χ3n) is 5.20. The molecule has 2 aromatic carbocycles. The van der Waals surface area contributed by atoms with Crippen LogP contribution in [0.25, 0.3) is 0 Å². The third-order valence-corrected chi connectivity index (χ3v) is 5.73. The maximum Gasteiger partial charge on any atom is 0.325 e. The molecule has 0 bridgehead atoms. The molecule has 25 heavy (non-hydrogen) atoms. The van der Waals surface area contributed by atoms with Crippen molar-refractivity contribution in [3.63, 3.8) is 0 Å². The number of amides is 3. The standard InChI is InChI=1S/C20H19BrN2O2/c1-20(16-8-7-14-3-2-4-15(14)11-16)18(24)23(19(25)22-20)12-13-5-9-17(21)10-6-13/h5-11H,2-4,12H2,1H3,(H,22,25)/t20-/m0/s1. The van der Waals surface area contributed by atoms with E-state index >= 15 is 0 Å². The van der Waals surface area contributed by atoms with Crippen molar-refractivity contribution in [3.8, 4) is 0 Å². The van der Waals surface area contributed by atoms with Crippen LogP contribution in [0.1, 0.15) is 35.6 Å². The normalized spacial score (nSPS) is 22.2. The van der Waals surface area contributed by atoms with E-state index in [-0.39, 0.29) is 18.5 Å². The first-order valence-electron chi connectivity index (χ1n) is 8.48. The van der Waals surface area contributed by atoms with Crippen LogP contribution in [0.3, 0.4) is 0 Å². The number of urea groups is 1. The monoisotopic (exact) mass is 398 g/mol. The van der Waals surface area contributed by atoms with Crippen LogP contribution < -0.4 is 5.32 Å². The molecule has 1 fully saturated rings. The molecule has 1 aliphatic carbocycles. The van der Waals surface area contributed by atoms with E-state index in [9.17, 15) is 9.59 Å². The number of imide groups is 1. The number of benzene rings is 2. The van der Waals surface area contributed by atoms with Crippen molar-refractivity contribution in [2.24, 2.45) is 0 Å². The zero-order valence-corrected chi connectivity index (χ0v) is 15.6. The minimum atomic E-state index is -0.996. The fourth-order valence-electron chi connectivity index (χ4n) is 3.69. The summed E-state index contributed by atoms with van der Waals surface area (Å²) in [4.78, 5) is 26.8. The summed E-state index contributed by atoms with van der Waals surface area (Å²) in [6, 6.07) is 13.5. The molecule has 5 heteroatoms. The van der Waals surface area contributed by atoms with E-state index in [0.717, 1.165) is 34.9 Å². The lowest BCUT2D eigenvalue weighted by Gasteiger charge is -2.23. The first kappa shape index (κ1) is 16.3. The van der Waals surface area contributed by atoms with Gasteiger partial charge in [-0.25, -0.2) is 4.79 Å². The summed E-state index contributed by atoms with van der Waals surface area (Å²) in [5.74, 6) is -0.196. The molecule has 2 aliphatic rings. The summed E-state index contributed by atoms with van der Waals surface area (Å²) in [5.41, 5.74) is 3.45. The van der Waals surface area contributed by atoms with E-state index in [0.29, 0.717) is 0 Å². The Morgan fingerprint density at radius 2 is 1.80 bits per heavy atom. The predicted octanol–water partition coefficient (Wildman–Crippen LogP) is 3.91. The summed E-state index contributed by atoms with van der Waals surface area (Å²) in [5, 5.41) is 2.90. The van der Waals surface area contributed by atoms with Crippen molar-refractivity contribution in [3.05, 3.63) is 69.2 Å². The van der Waals surface area contributed by atoms with E-state index in [1.54, 1.807) is 6.92 Å². The Balaban J connectivity index is 1.62. The summed E-state index contributed by atoms with van der Waals surface area (Å²) in [6.07, 6.45) is 3.30. The minimum absolute atomic E-state index is 0.196. The molecule has 2 aromatic rings. The molecule has 1 heterocycles. The van der Waals surface area contributed by atoms with Crippen LogP contribution in [0.4, 0.5) is 4.79 Å². The van der Waals surface area contributed by atoms with Crippen LogP contribution in [0, 0.1) is 0 Å². The number of hydrogen-bond acceptors (Lipinski definition) is 2. The van der Waals surface area contributed by atoms with Crippen LogP contribution in [0.5, 0.6) is 0 Å². The smallest absolute Gasteiger partial charge is 0.319 e. The number of hydrogen-bond donors (Lipinski definition) is 1. The molecular weight excluding hydrogens is 380 g/mol. The Morgan fingerprint density at radius 1 is 1.08 bits per heavy atom. The maximum absolute atomic E-state index is 13.0. The van der Waals surface area contributed by atoms with Gasteiger partial charge in [-0.05, 0) is 60.6 Å². The molecule has 0 saturated carbocycles. The summed E-state index contributed by atoms with van der Waals surface area (Å²) in [7, 11) is 0. The van der Waals surface area contributed by atoms with Gasteiger partial charge in [-0.2, -0.15) is 0 Å². The van der Waals surface area contributed by atoms with Crippen LogP contribution in [0.15, 0.2) is 46.9 Å². The Kier molecular flexibility index (Phi) is 3.91. The zero-order valence-electron chi connectivity index (χ0n) is 14.0. The molecule has 0 aromatic heterocycles. The van der Waals surface area contributed by atoms with E-state index in [4.69, 9.17) is 0 Å². The van der Waals surface area contributed by atoms with Gasteiger partial charge in [0.05, 0.1) is 6.54 Å². The first-order valence-corrected chi connectivity index (χ1v) is 9.27. The van der Waals surface area contributed by atoms with Gasteiger partial charge in [0.2, 0.25) is 0 Å². The second-order valence-corrected chi connectivity index (χ2v) is 7.83. The zero-order chi connectivity index (χ0) is 17.6. The quantitative estimate of drug-likeness (QED) is 0.796. The number of fused-ring (bicyclic) bond motifs is 1. The molecule has 4 rings (SSSR count). The van der Waals surface area contributed by atoms with Gasteiger partial charge in [-0.1, -0.05) is 46.3 Å². The molecule has 4 nitrogen and oxygen atoms in total. The van der Waals surface area contributed by atoms with Crippen LogP contribution >= 0.6 is 15.9 Å². The lowest BCUT2D eigenvalue weighted by atomic mass is 9.89. The number of aryl methyl sites for hydroxylation is 2. The van der Waals surface area contributed by atoms with Crippen molar-refractivity contribution in [2.75, 3.05) is 0 Å². The van der Waals surface area contributed by atoms with Crippen molar-refractivity contribution in [1.82, 2.24) is 10.2 Å². The number of carbonyl (C=O) groups excluding carboxylic acids is 2. The fraction of sp³-hybridized carbons (Fsp3) is 0.300. The Labute approximate surface area is 155 Å². The minimum Gasteiger partial charge on any atom is -0.319 e. The lowest BCUT2D eigenvalue weighted by molar-refractivity contribution is -0.131. The Hall–Kier alpha value is -2.14. The highest BCUT2D eigenvalue weighted by Gasteiger charge is 2.49. The van der Waals surface area contributed by atoms with E-state index in [2.05, 4.69) is 33.4 Å². The van der Waals surface area contributed by atoms with Crippen molar-refractivity contribution < 1.29 is 9.59 Å². The Morgan fingerprint density at radius 3 is 2.56 bits per heavy atom. The lowest BCUT2D eigenvalue weighted by Crippen LogP contribution is -2.40. The molecule has 1 aliphatic heterocycles. The highest BCUT2D eigenvalue weighted by Crippen LogP contribution is 2.33. The second kappa shape index (κ2) is 5.99. The van der Waals surface area contributed by atoms with Crippen molar-refractivity contribution in [1.29, 1.82) is 0 Å². The van der Waals surface area contributed by atoms with Gasteiger partial charge in [-0.3, -0.25) is 9.69 Å². The fourth-order valence-corrected chi connectivity index (χ4v) is 3.96. The van der Waals surface area contributed by atoms with E-state index in [1.165, 1.54) is 16.0 Å². The van der Waals surface area contributed by atoms with Crippen LogP contribution in [-0.4, -0.2) is 16.8 Å². The molecule has 1 atom stereocenters. The Bertz CT molecular complexity index is 862. The number of carbonyl (C=O) groups is 2. The molecule has 0 spiro atoms. The van der Waals surface area contributed by atoms with Gasteiger partial charge in [0.25, 0.3) is 5.91 Å². The molecule has 3 amide bonds. The summed E-state index contributed by atoms with van der Waals surface area (Å²) in [6.45, 7) is 2.07. The second-order valence-electron chi connectivity index (χ2n) is 6.91. The summed E-state index contributed by atoms with van der Waals surface area (Å²) < 4.78 is 0.969. The van der Waals surface area contributed by atoms with Gasteiger partial charge in [0, 0.05) is 4.47 Å². The predicted molar refractivity (Wildman–Crippen MR) is 99.0 cm³/mol. The molecule has 0 unspecified atom stereocenters. The van der Waals surface area contributed by atoms with Crippen LogP contribution in [0.2, 0.25) is 0 Å². The highest BCUT2D eigenvalue weighted by molar-refractivity contribution is 9.10. The molecule has 1 saturated heterocycles. The van der Waals surface area contributed by atoms with Crippen molar-refractivity contribution >= 4 is 27.9 Å². The molecule has 1 N–H and O–H groups in total. The number of halogens is 1. The van der Waals surface area contributed by atoms with E-state index in [1.807, 2.05) is 30.3 Å². The topological polar surface area (TPSA) is 49.4 Å². The number of nitrogens with one attached hydrogen (secondary N) is 1. The largest absolute Gasteiger partial charge is 0.325 e. The first-order chi connectivity index (χ1) is 12.0. The molecular formula is C20H19BrN2O2. The summed E-state index contributed by atoms with van der Waals surface area (Å²) >= 11 is 3.40. The van der Waals surface area contributed by atoms with E-state index < -0.39 is 5.54 Å². The van der Waals surface area contributed by atoms with Gasteiger partial charge in [0.1, 0.15) is 5.54 Å². The van der Waals surface area contributed by atoms with Gasteiger partial charge >= 0.3 is 6.03 Å². The third kappa shape index (κ3) is 2.76. The molecule has 128 valence electrons. The average molecular weight is 399 g/mol. The van der Waals surface area contributed by atoms with Gasteiger partial charge < -0.3 is 5.32 Å². The average Bonchev–Trinajstić information content (AvgIpc) is 3.15. The van der Waals surface area contributed by atoms with Gasteiger partial charge in [-0.15, -0.1) is 0 Å². The number of rotatable bonds is 3. The molecule has 0 radical (unpaired) electrons.